The number of hydrogen-bond acceptors (Lipinski definition) is 2. The van der Waals surface area contributed by atoms with Crippen LogP contribution < -0.4 is 0 Å². The van der Waals surface area contributed by atoms with Crippen LogP contribution in [0.2, 0.25) is 5.02 Å². The van der Waals surface area contributed by atoms with Crippen LogP contribution in [0.15, 0.2) is 23.1 Å². The number of benzene rings is 1. The van der Waals surface area contributed by atoms with Crippen LogP contribution in [0.1, 0.15) is 32.6 Å². The molecule has 106 valence electrons. The minimum Gasteiger partial charge on any atom is -0.207 e. The summed E-state index contributed by atoms with van der Waals surface area (Å²) in [6.45, 7) is 2.51. The van der Waals surface area contributed by atoms with Gasteiger partial charge in [-0.3, -0.25) is 0 Å². The molecule has 0 spiro atoms. The first-order chi connectivity index (χ1) is 8.96. The summed E-state index contributed by atoms with van der Waals surface area (Å²) in [5.74, 6) is -0.605. The van der Waals surface area contributed by atoms with Crippen molar-refractivity contribution in [3.63, 3.8) is 0 Å². The van der Waals surface area contributed by atoms with Crippen LogP contribution in [0.25, 0.3) is 0 Å². The number of piperidine rings is 1. The average molecular weight is 306 g/mol. The molecule has 0 radical (unpaired) electrons. The topological polar surface area (TPSA) is 37.4 Å². The molecule has 1 aliphatic rings. The van der Waals surface area contributed by atoms with Crippen LogP contribution in [0.5, 0.6) is 0 Å². The first-order valence-electron chi connectivity index (χ1n) is 6.43. The van der Waals surface area contributed by atoms with Crippen molar-refractivity contribution in [3.8, 4) is 0 Å². The molecule has 0 saturated carbocycles. The van der Waals surface area contributed by atoms with E-state index in [9.17, 15) is 12.8 Å². The van der Waals surface area contributed by atoms with Crippen molar-refractivity contribution < 1.29 is 12.8 Å². The minimum atomic E-state index is -3.58. The van der Waals surface area contributed by atoms with Crippen molar-refractivity contribution in [2.75, 3.05) is 6.54 Å². The molecule has 0 aromatic heterocycles. The normalized spacial score (nSPS) is 21.5. The number of rotatable bonds is 3. The van der Waals surface area contributed by atoms with Crippen LogP contribution in [0, 0.1) is 5.82 Å². The number of nitrogens with zero attached hydrogens (tertiary/aromatic N) is 1. The standard InChI is InChI=1S/C13H17ClFNO2S/c1-2-10-5-3-4-8-16(10)19(17,18)11-6-7-13(15)12(14)9-11/h6-7,9-10H,2-5,8H2,1H3. The van der Waals surface area contributed by atoms with Gasteiger partial charge in [0.15, 0.2) is 0 Å². The fourth-order valence-corrected chi connectivity index (χ4v) is 4.51. The second-order valence-corrected chi connectivity index (χ2v) is 7.05. The Morgan fingerprint density at radius 1 is 1.42 bits per heavy atom. The summed E-state index contributed by atoms with van der Waals surface area (Å²) in [7, 11) is -3.58. The molecule has 0 bridgehead atoms. The van der Waals surface area contributed by atoms with Crippen LogP contribution >= 0.6 is 11.6 Å². The van der Waals surface area contributed by atoms with E-state index in [-0.39, 0.29) is 16.0 Å². The maximum Gasteiger partial charge on any atom is 0.243 e. The lowest BCUT2D eigenvalue weighted by atomic mass is 10.0. The third kappa shape index (κ3) is 2.93. The van der Waals surface area contributed by atoms with E-state index >= 15 is 0 Å². The maximum atomic E-state index is 13.1. The molecule has 1 unspecified atom stereocenters. The van der Waals surface area contributed by atoms with E-state index in [4.69, 9.17) is 11.6 Å². The second-order valence-electron chi connectivity index (χ2n) is 4.75. The van der Waals surface area contributed by atoms with Gasteiger partial charge in [0.1, 0.15) is 5.82 Å². The van der Waals surface area contributed by atoms with Gasteiger partial charge in [-0.1, -0.05) is 24.9 Å². The molecule has 19 heavy (non-hydrogen) atoms. The third-order valence-electron chi connectivity index (χ3n) is 3.54. The Bertz CT molecular complexity index is 562. The molecule has 2 rings (SSSR count). The van der Waals surface area contributed by atoms with Gasteiger partial charge in [0.05, 0.1) is 9.92 Å². The molecule has 1 saturated heterocycles. The molecule has 1 aromatic rings. The Hall–Kier alpha value is -0.650. The Kier molecular flexibility index (Phi) is 4.48. The molecule has 1 fully saturated rings. The van der Waals surface area contributed by atoms with Crippen molar-refractivity contribution >= 4 is 21.6 Å². The van der Waals surface area contributed by atoms with Crippen molar-refractivity contribution in [3.05, 3.63) is 29.0 Å². The zero-order valence-corrected chi connectivity index (χ0v) is 12.3. The van der Waals surface area contributed by atoms with E-state index in [0.29, 0.717) is 6.54 Å². The van der Waals surface area contributed by atoms with E-state index in [1.54, 1.807) is 0 Å². The van der Waals surface area contributed by atoms with Gasteiger partial charge < -0.3 is 0 Å². The predicted octanol–water partition coefficient (Wildman–Crippen LogP) is 3.43. The van der Waals surface area contributed by atoms with E-state index < -0.39 is 15.8 Å². The number of halogens is 2. The second kappa shape index (κ2) is 5.77. The Labute approximate surface area is 118 Å². The van der Waals surface area contributed by atoms with E-state index in [2.05, 4.69) is 0 Å². The summed E-state index contributed by atoms with van der Waals surface area (Å²) in [6, 6.07) is 3.59. The lowest BCUT2D eigenvalue weighted by Crippen LogP contribution is -2.43. The predicted molar refractivity (Wildman–Crippen MR) is 73.2 cm³/mol. The Morgan fingerprint density at radius 3 is 2.79 bits per heavy atom. The van der Waals surface area contributed by atoms with Gasteiger partial charge in [-0.25, -0.2) is 12.8 Å². The van der Waals surface area contributed by atoms with Gasteiger partial charge in [-0.05, 0) is 37.5 Å². The summed E-state index contributed by atoms with van der Waals surface area (Å²) in [6.07, 6.45) is 3.58. The molecule has 0 amide bonds. The monoisotopic (exact) mass is 305 g/mol. The summed E-state index contributed by atoms with van der Waals surface area (Å²) < 4.78 is 39.8. The zero-order valence-electron chi connectivity index (χ0n) is 10.8. The molecule has 6 heteroatoms. The van der Waals surface area contributed by atoms with Gasteiger partial charge in [0, 0.05) is 12.6 Å². The van der Waals surface area contributed by atoms with Gasteiger partial charge in [-0.2, -0.15) is 4.31 Å². The minimum absolute atomic E-state index is 0.0302. The van der Waals surface area contributed by atoms with Crippen molar-refractivity contribution in [2.45, 2.75) is 43.5 Å². The van der Waals surface area contributed by atoms with Crippen LogP contribution in [-0.4, -0.2) is 25.3 Å². The molecule has 3 nitrogen and oxygen atoms in total. The fourth-order valence-electron chi connectivity index (χ4n) is 2.47. The summed E-state index contributed by atoms with van der Waals surface area (Å²) in [5, 5.41) is -0.161. The molecule has 0 N–H and O–H groups in total. The zero-order chi connectivity index (χ0) is 14.0. The molecule has 1 aromatic carbocycles. The van der Waals surface area contributed by atoms with Crippen molar-refractivity contribution in [1.82, 2.24) is 4.31 Å². The summed E-state index contributed by atoms with van der Waals surface area (Å²) in [5.41, 5.74) is 0. The van der Waals surface area contributed by atoms with Crippen molar-refractivity contribution in [2.24, 2.45) is 0 Å². The Morgan fingerprint density at radius 2 is 2.16 bits per heavy atom. The maximum absolute atomic E-state index is 13.1. The largest absolute Gasteiger partial charge is 0.243 e. The van der Waals surface area contributed by atoms with Gasteiger partial charge in [-0.15, -0.1) is 0 Å². The molecule has 1 atom stereocenters. The molecule has 0 aliphatic carbocycles. The SMILES string of the molecule is CCC1CCCCN1S(=O)(=O)c1ccc(F)c(Cl)c1. The van der Waals surface area contributed by atoms with Gasteiger partial charge in [0.2, 0.25) is 10.0 Å². The van der Waals surface area contributed by atoms with E-state index in [1.807, 2.05) is 6.92 Å². The highest BCUT2D eigenvalue weighted by Crippen LogP contribution is 2.28. The molecule has 1 heterocycles. The molecular weight excluding hydrogens is 289 g/mol. The first kappa shape index (κ1) is 14.8. The first-order valence-corrected chi connectivity index (χ1v) is 8.25. The number of sulfonamides is 1. The third-order valence-corrected chi connectivity index (χ3v) is 5.78. The summed E-state index contributed by atoms with van der Waals surface area (Å²) >= 11 is 5.67. The van der Waals surface area contributed by atoms with Crippen LogP contribution in [0.3, 0.4) is 0 Å². The Balaban J connectivity index is 2.37. The van der Waals surface area contributed by atoms with E-state index in [0.717, 1.165) is 31.7 Å². The lowest BCUT2D eigenvalue weighted by molar-refractivity contribution is 0.246. The van der Waals surface area contributed by atoms with Gasteiger partial charge in [0.25, 0.3) is 0 Å². The average Bonchev–Trinajstić information content (AvgIpc) is 2.41. The highest BCUT2D eigenvalue weighted by atomic mass is 35.5. The molecule has 1 aliphatic heterocycles. The van der Waals surface area contributed by atoms with Crippen molar-refractivity contribution in [1.29, 1.82) is 0 Å². The highest BCUT2D eigenvalue weighted by molar-refractivity contribution is 7.89. The van der Waals surface area contributed by atoms with E-state index in [1.165, 1.54) is 16.4 Å². The number of hydrogen-bond donors (Lipinski definition) is 0. The van der Waals surface area contributed by atoms with Gasteiger partial charge >= 0.3 is 0 Å². The highest BCUT2D eigenvalue weighted by Gasteiger charge is 2.32. The summed E-state index contributed by atoms with van der Waals surface area (Å²) in [4.78, 5) is 0.0688. The smallest absolute Gasteiger partial charge is 0.207 e. The van der Waals surface area contributed by atoms with Crippen LogP contribution in [-0.2, 0) is 10.0 Å². The lowest BCUT2D eigenvalue weighted by Gasteiger charge is -2.34. The quantitative estimate of drug-likeness (QED) is 0.858. The molecular formula is C13H17ClFNO2S. The van der Waals surface area contributed by atoms with Crippen LogP contribution in [0.4, 0.5) is 4.39 Å². The fraction of sp³-hybridized carbons (Fsp3) is 0.538.